The van der Waals surface area contributed by atoms with Crippen LogP contribution in [-0.2, 0) is 19.6 Å². The number of urea groups is 1. The second kappa shape index (κ2) is 8.78. The molecule has 3 aliphatic rings. The molecule has 1 aliphatic heterocycles. The molecule has 4 amide bonds. The Hall–Kier alpha value is -2.14. The van der Waals surface area contributed by atoms with Crippen LogP contribution >= 0.6 is 0 Å². The summed E-state index contributed by atoms with van der Waals surface area (Å²) in [4.78, 5) is 39.8. The number of hydrogen-bond donors (Lipinski definition) is 4. The summed E-state index contributed by atoms with van der Waals surface area (Å²) in [5, 5.41) is 14.6. The topological polar surface area (TPSA) is 145 Å². The summed E-state index contributed by atoms with van der Waals surface area (Å²) in [6.45, 7) is 1.77. The van der Waals surface area contributed by atoms with Gasteiger partial charge in [-0.2, -0.15) is 0 Å². The highest BCUT2D eigenvalue weighted by Crippen LogP contribution is 2.47. The molecule has 3 rings (SSSR count). The van der Waals surface area contributed by atoms with Gasteiger partial charge in [-0.3, -0.25) is 14.3 Å². The van der Waals surface area contributed by atoms with Crippen LogP contribution in [0, 0.1) is 5.92 Å². The number of aliphatic hydroxyl groups excluding tert-OH is 1. The van der Waals surface area contributed by atoms with Gasteiger partial charge in [0.05, 0.1) is 4.75 Å². The number of carbonyl (C=O) groups excluding carboxylic acids is 3. The molecule has 174 valence electrons. The van der Waals surface area contributed by atoms with Crippen molar-refractivity contribution in [3.05, 3.63) is 12.2 Å². The number of nitrogens with one attached hydrogen (secondary N) is 3. The van der Waals surface area contributed by atoms with E-state index >= 15 is 0 Å². The Morgan fingerprint density at radius 2 is 2.03 bits per heavy atom. The van der Waals surface area contributed by atoms with E-state index in [1.165, 1.54) is 4.90 Å². The Morgan fingerprint density at radius 3 is 2.68 bits per heavy atom. The maximum absolute atomic E-state index is 13.0. The summed E-state index contributed by atoms with van der Waals surface area (Å²) in [6, 6.07) is -1.49. The lowest BCUT2D eigenvalue weighted by molar-refractivity contribution is -0.130. The quantitative estimate of drug-likeness (QED) is 0.428. The molecule has 0 aromatic heterocycles. The molecule has 0 aromatic carbocycles. The van der Waals surface area contributed by atoms with Gasteiger partial charge in [-0.25, -0.2) is 13.2 Å². The van der Waals surface area contributed by atoms with Crippen molar-refractivity contribution in [3.63, 3.8) is 0 Å². The van der Waals surface area contributed by atoms with E-state index in [1.807, 2.05) is 12.2 Å². The number of allylic oxidation sites excluding steroid dienone is 1. The summed E-state index contributed by atoms with van der Waals surface area (Å²) in [7, 11) is -2.23. The van der Waals surface area contributed by atoms with Crippen molar-refractivity contribution in [2.75, 3.05) is 20.2 Å². The summed E-state index contributed by atoms with van der Waals surface area (Å²) in [5.41, 5.74) is -1.39. The van der Waals surface area contributed by atoms with Crippen LogP contribution in [0.1, 0.15) is 51.9 Å². The van der Waals surface area contributed by atoms with Gasteiger partial charge >= 0.3 is 6.03 Å². The molecule has 2 aliphatic carbocycles. The Balaban J connectivity index is 1.83. The van der Waals surface area contributed by atoms with Crippen molar-refractivity contribution in [1.29, 1.82) is 0 Å². The molecule has 0 radical (unpaired) electrons. The van der Waals surface area contributed by atoms with Crippen molar-refractivity contribution < 1.29 is 27.9 Å². The first-order chi connectivity index (χ1) is 14.5. The summed E-state index contributed by atoms with van der Waals surface area (Å²) in [5.74, 6) is -1.73. The molecular weight excluding hydrogens is 424 g/mol. The largest absolute Gasteiger partial charge is 0.396 e. The first-order valence-electron chi connectivity index (χ1n) is 10.7. The highest BCUT2D eigenvalue weighted by Gasteiger charge is 2.62. The van der Waals surface area contributed by atoms with Crippen molar-refractivity contribution in [1.82, 2.24) is 20.3 Å². The Kier molecular flexibility index (Phi) is 6.66. The Morgan fingerprint density at radius 1 is 1.32 bits per heavy atom. The number of rotatable bonds is 5. The van der Waals surface area contributed by atoms with E-state index in [9.17, 15) is 27.9 Å². The van der Waals surface area contributed by atoms with Crippen LogP contribution < -0.4 is 15.4 Å². The minimum Gasteiger partial charge on any atom is -0.396 e. The van der Waals surface area contributed by atoms with E-state index in [0.29, 0.717) is 19.4 Å². The smallest absolute Gasteiger partial charge is 0.317 e. The van der Waals surface area contributed by atoms with Crippen molar-refractivity contribution in [3.8, 4) is 0 Å². The summed E-state index contributed by atoms with van der Waals surface area (Å²) >= 11 is 0. The van der Waals surface area contributed by atoms with Gasteiger partial charge in [0.25, 0.3) is 5.91 Å². The lowest BCUT2D eigenvalue weighted by Crippen LogP contribution is -2.58. The average Bonchev–Trinajstić information content (AvgIpc) is 3.60. The van der Waals surface area contributed by atoms with Gasteiger partial charge in [0.2, 0.25) is 15.9 Å². The highest BCUT2D eigenvalue weighted by atomic mass is 32.2. The van der Waals surface area contributed by atoms with E-state index in [0.717, 1.165) is 19.3 Å². The van der Waals surface area contributed by atoms with Crippen LogP contribution in [0.15, 0.2) is 12.2 Å². The molecule has 0 unspecified atom stereocenters. The van der Waals surface area contributed by atoms with E-state index in [2.05, 4.69) is 15.4 Å². The molecule has 11 heteroatoms. The normalized spacial score (nSPS) is 32.0. The molecule has 2 fully saturated rings. The molecule has 2 saturated carbocycles. The number of aliphatic hydroxyl groups is 1. The number of carbonyl (C=O) groups is 3. The molecule has 3 atom stereocenters. The van der Waals surface area contributed by atoms with Crippen molar-refractivity contribution in [2.45, 2.75) is 68.2 Å². The standard InChI is InChI=1S/C20H32N4O6S/c1-19(9-10-19)31(29,30)23-17(27)20-13-14(20)7-5-3-4-6-11-24(2)18(28)21-15(8-12-25)16(26)22-20/h5,7,14-15,25H,3-4,6,8-13H2,1-2H3,(H,21,28)(H,22,26)(H,23,27)/b7-5-/t14-,15-,20+/m0/s1. The lowest BCUT2D eigenvalue weighted by atomic mass is 10.1. The van der Waals surface area contributed by atoms with E-state index in [1.54, 1.807) is 14.0 Å². The third-order valence-corrected chi connectivity index (χ3v) is 8.62. The van der Waals surface area contributed by atoms with Gasteiger partial charge in [0.1, 0.15) is 11.6 Å². The number of hydrogen-bond acceptors (Lipinski definition) is 6. The molecule has 31 heavy (non-hydrogen) atoms. The molecule has 0 saturated heterocycles. The van der Waals surface area contributed by atoms with Gasteiger partial charge < -0.3 is 20.6 Å². The Bertz CT molecular complexity index is 869. The maximum Gasteiger partial charge on any atom is 0.317 e. The molecule has 1 heterocycles. The first kappa shape index (κ1) is 23.5. The summed E-state index contributed by atoms with van der Waals surface area (Å²) in [6.07, 6.45) is 7.36. The van der Waals surface area contributed by atoms with E-state index in [4.69, 9.17) is 0 Å². The number of nitrogens with zero attached hydrogens (tertiary/aromatic N) is 1. The minimum atomic E-state index is -3.86. The lowest BCUT2D eigenvalue weighted by Gasteiger charge is -2.26. The predicted octanol–water partition coefficient (Wildman–Crippen LogP) is -0.00770. The third kappa shape index (κ3) is 5.03. The fourth-order valence-electron chi connectivity index (χ4n) is 3.70. The van der Waals surface area contributed by atoms with Gasteiger partial charge in [-0.15, -0.1) is 0 Å². The number of amides is 4. The molecule has 4 N–H and O–H groups in total. The predicted molar refractivity (Wildman–Crippen MR) is 113 cm³/mol. The Labute approximate surface area is 182 Å². The molecule has 10 nitrogen and oxygen atoms in total. The zero-order chi connectivity index (χ0) is 22.9. The van der Waals surface area contributed by atoms with Gasteiger partial charge in [-0.05, 0) is 51.9 Å². The molecule has 0 spiro atoms. The fourth-order valence-corrected chi connectivity index (χ4v) is 5.01. The van der Waals surface area contributed by atoms with Crippen LogP contribution in [0.2, 0.25) is 0 Å². The van der Waals surface area contributed by atoms with Crippen molar-refractivity contribution in [2.24, 2.45) is 5.92 Å². The SMILES string of the molecule is CN1CCCC/C=C\[C@H]2C[C@@]2(C(=O)NS(=O)(=O)C2(C)CC2)NC(=O)[C@H](CCO)NC1=O. The highest BCUT2D eigenvalue weighted by molar-refractivity contribution is 7.91. The van der Waals surface area contributed by atoms with Gasteiger partial charge in [-0.1, -0.05) is 12.2 Å². The van der Waals surface area contributed by atoms with Crippen LogP contribution in [0.4, 0.5) is 4.79 Å². The second-order valence-corrected chi connectivity index (χ2v) is 11.2. The first-order valence-corrected chi connectivity index (χ1v) is 12.2. The molecular formula is C20H32N4O6S. The molecule has 0 bridgehead atoms. The second-order valence-electron chi connectivity index (χ2n) is 9.02. The zero-order valence-corrected chi connectivity index (χ0v) is 18.8. The maximum atomic E-state index is 13.0. The average molecular weight is 457 g/mol. The van der Waals surface area contributed by atoms with E-state index in [-0.39, 0.29) is 25.4 Å². The van der Waals surface area contributed by atoms with E-state index < -0.39 is 44.2 Å². The monoisotopic (exact) mass is 456 g/mol. The van der Waals surface area contributed by atoms with Crippen molar-refractivity contribution >= 4 is 27.9 Å². The van der Waals surface area contributed by atoms with Crippen LogP contribution in [0.3, 0.4) is 0 Å². The molecule has 0 aromatic rings. The zero-order valence-electron chi connectivity index (χ0n) is 18.0. The summed E-state index contributed by atoms with van der Waals surface area (Å²) < 4.78 is 26.3. The fraction of sp³-hybridized carbons (Fsp3) is 0.750. The minimum absolute atomic E-state index is 0.0278. The number of fused-ring (bicyclic) bond motifs is 1. The van der Waals surface area contributed by atoms with Crippen LogP contribution in [0.25, 0.3) is 0 Å². The van der Waals surface area contributed by atoms with Crippen LogP contribution in [-0.4, -0.2) is 72.8 Å². The van der Waals surface area contributed by atoms with Gasteiger partial charge in [0, 0.05) is 26.1 Å². The number of sulfonamides is 1. The van der Waals surface area contributed by atoms with Crippen LogP contribution in [0.5, 0.6) is 0 Å². The van der Waals surface area contributed by atoms with Gasteiger partial charge in [0.15, 0.2) is 0 Å². The third-order valence-electron chi connectivity index (χ3n) is 6.46.